The van der Waals surface area contributed by atoms with Crippen molar-refractivity contribution in [3.63, 3.8) is 0 Å². The average molecular weight is 307 g/mol. The van der Waals surface area contributed by atoms with E-state index in [4.69, 9.17) is 0 Å². The minimum Gasteiger partial charge on any atom is -0.353 e. The number of carbonyl (C=O) groups is 1. The van der Waals surface area contributed by atoms with Gasteiger partial charge in [0.15, 0.2) is 0 Å². The molecule has 22 heavy (non-hydrogen) atoms. The van der Waals surface area contributed by atoms with E-state index in [2.05, 4.69) is 15.5 Å². The third-order valence-electron chi connectivity index (χ3n) is 5.88. The smallest absolute Gasteiger partial charge is 0.220 e. The zero-order valence-electron chi connectivity index (χ0n) is 14.0. The molecule has 1 saturated carbocycles. The van der Waals surface area contributed by atoms with Crippen molar-refractivity contribution in [1.82, 2.24) is 15.5 Å². The molecule has 3 aliphatic rings. The van der Waals surface area contributed by atoms with Crippen LogP contribution in [0.15, 0.2) is 0 Å². The van der Waals surface area contributed by atoms with Gasteiger partial charge in [0.1, 0.15) is 0 Å². The fraction of sp³-hybridized carbons (Fsp3) is 0.944. The number of hydrogen-bond acceptors (Lipinski definition) is 3. The normalized spacial score (nSPS) is 26.4. The van der Waals surface area contributed by atoms with Gasteiger partial charge in [-0.25, -0.2) is 0 Å². The Morgan fingerprint density at radius 2 is 1.64 bits per heavy atom. The lowest BCUT2D eigenvalue weighted by atomic mass is 9.95. The molecule has 3 rings (SSSR count). The van der Waals surface area contributed by atoms with Crippen molar-refractivity contribution in [2.75, 3.05) is 32.7 Å². The predicted octanol–water partition coefficient (Wildman–Crippen LogP) is 2.15. The maximum Gasteiger partial charge on any atom is 0.220 e. The van der Waals surface area contributed by atoms with Gasteiger partial charge in [-0.1, -0.05) is 12.8 Å². The number of carbonyl (C=O) groups excluding carboxylic acids is 1. The number of nitrogens with one attached hydrogen (secondary N) is 2. The van der Waals surface area contributed by atoms with Crippen LogP contribution in [0.1, 0.15) is 57.8 Å². The first kappa shape index (κ1) is 16.3. The van der Waals surface area contributed by atoms with Crippen LogP contribution in [0.25, 0.3) is 0 Å². The number of amides is 1. The molecule has 0 aromatic heterocycles. The largest absolute Gasteiger partial charge is 0.353 e. The molecule has 0 aromatic rings. The van der Waals surface area contributed by atoms with Gasteiger partial charge in [-0.2, -0.15) is 0 Å². The molecule has 0 bridgehead atoms. The highest BCUT2D eigenvalue weighted by atomic mass is 16.1. The van der Waals surface area contributed by atoms with Gasteiger partial charge in [0.2, 0.25) is 5.91 Å². The first-order chi connectivity index (χ1) is 10.8. The predicted molar refractivity (Wildman–Crippen MR) is 89.8 cm³/mol. The van der Waals surface area contributed by atoms with Crippen molar-refractivity contribution < 1.29 is 4.79 Å². The molecule has 4 heteroatoms. The SMILES string of the molecule is O=C(CC1CCCC1)NC1CCN(CC2CCNCC2)CC1. The third-order valence-corrected chi connectivity index (χ3v) is 5.88. The maximum atomic E-state index is 12.1. The van der Waals surface area contributed by atoms with Crippen molar-refractivity contribution in [2.45, 2.75) is 63.8 Å². The first-order valence-electron chi connectivity index (χ1n) is 9.52. The van der Waals surface area contributed by atoms with Gasteiger partial charge < -0.3 is 15.5 Å². The van der Waals surface area contributed by atoms with Gasteiger partial charge in [0.05, 0.1) is 0 Å². The molecule has 2 aliphatic heterocycles. The molecule has 2 N–H and O–H groups in total. The molecule has 1 amide bonds. The van der Waals surface area contributed by atoms with Crippen molar-refractivity contribution in [1.29, 1.82) is 0 Å². The first-order valence-corrected chi connectivity index (χ1v) is 9.52. The summed E-state index contributed by atoms with van der Waals surface area (Å²) in [5.74, 6) is 1.86. The van der Waals surface area contributed by atoms with E-state index in [0.29, 0.717) is 17.9 Å². The van der Waals surface area contributed by atoms with E-state index in [0.717, 1.165) is 38.3 Å². The van der Waals surface area contributed by atoms with Crippen LogP contribution in [-0.4, -0.2) is 49.6 Å². The molecule has 126 valence electrons. The van der Waals surface area contributed by atoms with Crippen LogP contribution < -0.4 is 10.6 Å². The Balaban J connectivity index is 1.31. The van der Waals surface area contributed by atoms with Crippen molar-refractivity contribution in [2.24, 2.45) is 11.8 Å². The lowest BCUT2D eigenvalue weighted by Gasteiger charge is -2.35. The fourth-order valence-corrected chi connectivity index (χ4v) is 4.45. The van der Waals surface area contributed by atoms with Crippen LogP contribution in [-0.2, 0) is 4.79 Å². The Morgan fingerprint density at radius 1 is 0.955 bits per heavy atom. The van der Waals surface area contributed by atoms with E-state index in [9.17, 15) is 4.79 Å². The van der Waals surface area contributed by atoms with E-state index >= 15 is 0 Å². The van der Waals surface area contributed by atoms with Gasteiger partial charge >= 0.3 is 0 Å². The quantitative estimate of drug-likeness (QED) is 0.818. The number of likely N-dealkylation sites (tertiary alicyclic amines) is 1. The van der Waals surface area contributed by atoms with Crippen molar-refractivity contribution in [3.8, 4) is 0 Å². The van der Waals surface area contributed by atoms with Crippen LogP contribution in [0, 0.1) is 11.8 Å². The number of nitrogens with zero attached hydrogens (tertiary/aromatic N) is 1. The lowest BCUT2D eigenvalue weighted by Crippen LogP contribution is -2.46. The van der Waals surface area contributed by atoms with Crippen LogP contribution in [0.4, 0.5) is 0 Å². The molecule has 0 spiro atoms. The summed E-state index contributed by atoms with van der Waals surface area (Å²) < 4.78 is 0. The molecule has 0 unspecified atom stereocenters. The average Bonchev–Trinajstić information content (AvgIpc) is 3.03. The Hall–Kier alpha value is -0.610. The summed E-state index contributed by atoms with van der Waals surface area (Å²) in [6.45, 7) is 5.98. The Labute approximate surface area is 135 Å². The molecule has 1 aliphatic carbocycles. The standard InChI is InChI=1S/C18H33N3O/c22-18(13-15-3-1-2-4-15)20-17-7-11-21(12-8-17)14-16-5-9-19-10-6-16/h15-17,19H,1-14H2,(H,20,22). The molecular formula is C18H33N3O. The monoisotopic (exact) mass is 307 g/mol. The summed E-state index contributed by atoms with van der Waals surface area (Å²) in [6, 6.07) is 0.429. The molecule has 0 aromatic carbocycles. The van der Waals surface area contributed by atoms with Crippen LogP contribution in [0.5, 0.6) is 0 Å². The number of rotatable bonds is 5. The van der Waals surface area contributed by atoms with Crippen molar-refractivity contribution >= 4 is 5.91 Å². The van der Waals surface area contributed by atoms with Crippen LogP contribution in [0.2, 0.25) is 0 Å². The van der Waals surface area contributed by atoms with E-state index < -0.39 is 0 Å². The molecule has 2 saturated heterocycles. The maximum absolute atomic E-state index is 12.1. The molecule has 0 radical (unpaired) electrons. The summed E-state index contributed by atoms with van der Waals surface area (Å²) in [7, 11) is 0. The van der Waals surface area contributed by atoms with Gasteiger partial charge in [-0.05, 0) is 63.5 Å². The molecule has 2 heterocycles. The van der Waals surface area contributed by atoms with E-state index in [-0.39, 0.29) is 0 Å². The summed E-state index contributed by atoms with van der Waals surface area (Å²) >= 11 is 0. The number of piperidine rings is 2. The van der Waals surface area contributed by atoms with Gasteiger partial charge in [-0.3, -0.25) is 4.79 Å². The fourth-order valence-electron chi connectivity index (χ4n) is 4.45. The molecular weight excluding hydrogens is 274 g/mol. The van der Waals surface area contributed by atoms with Crippen LogP contribution in [0.3, 0.4) is 0 Å². The zero-order valence-corrected chi connectivity index (χ0v) is 14.0. The minimum atomic E-state index is 0.309. The Morgan fingerprint density at radius 3 is 2.32 bits per heavy atom. The third kappa shape index (κ3) is 4.95. The number of hydrogen-bond donors (Lipinski definition) is 2. The second-order valence-electron chi connectivity index (χ2n) is 7.69. The summed E-state index contributed by atoms with van der Waals surface area (Å²) in [6.07, 6.45) is 10.9. The Kier molecular flexibility index (Phi) is 6.13. The molecule has 4 nitrogen and oxygen atoms in total. The summed E-state index contributed by atoms with van der Waals surface area (Å²) in [5, 5.41) is 6.74. The molecule has 3 fully saturated rings. The van der Waals surface area contributed by atoms with Crippen LogP contribution >= 0.6 is 0 Å². The second kappa shape index (κ2) is 8.30. The topological polar surface area (TPSA) is 44.4 Å². The summed E-state index contributed by atoms with van der Waals surface area (Å²) in [5.41, 5.74) is 0. The van der Waals surface area contributed by atoms with Gasteiger partial charge in [-0.15, -0.1) is 0 Å². The minimum absolute atomic E-state index is 0.309. The highest BCUT2D eigenvalue weighted by Crippen LogP contribution is 2.27. The lowest BCUT2D eigenvalue weighted by molar-refractivity contribution is -0.123. The summed E-state index contributed by atoms with van der Waals surface area (Å²) in [4.78, 5) is 14.8. The molecule has 0 atom stereocenters. The second-order valence-corrected chi connectivity index (χ2v) is 7.69. The highest BCUT2D eigenvalue weighted by Gasteiger charge is 2.25. The van der Waals surface area contributed by atoms with Gasteiger partial charge in [0, 0.05) is 32.1 Å². The van der Waals surface area contributed by atoms with E-state index in [1.54, 1.807) is 0 Å². The van der Waals surface area contributed by atoms with Gasteiger partial charge in [0.25, 0.3) is 0 Å². The van der Waals surface area contributed by atoms with Crippen molar-refractivity contribution in [3.05, 3.63) is 0 Å². The zero-order chi connectivity index (χ0) is 15.2. The van der Waals surface area contributed by atoms with E-state index in [1.807, 2.05) is 0 Å². The Bertz CT molecular complexity index is 340. The highest BCUT2D eigenvalue weighted by molar-refractivity contribution is 5.76. The van der Waals surface area contributed by atoms with E-state index in [1.165, 1.54) is 58.2 Å².